The molecule has 1 saturated carbocycles. The van der Waals surface area contributed by atoms with Crippen molar-refractivity contribution in [3.05, 3.63) is 0 Å². The van der Waals surface area contributed by atoms with Crippen molar-refractivity contribution in [3.63, 3.8) is 0 Å². The summed E-state index contributed by atoms with van der Waals surface area (Å²) in [6.45, 7) is 7.75. The standard InChI is InChI=1S/C15H26N2O3/c1-9-6-15(2,3)11(13(9)16)8-17-7-10(5-12(17)18)14(19)20-4/h9-11,13H,5-8,16H2,1-4H3. The Labute approximate surface area is 120 Å². The number of nitrogens with two attached hydrogens (primary N) is 1. The molecule has 1 amide bonds. The van der Waals surface area contributed by atoms with Gasteiger partial charge in [0.25, 0.3) is 0 Å². The molecular formula is C15H26N2O3. The summed E-state index contributed by atoms with van der Waals surface area (Å²) in [5.74, 6) is 0.208. The molecule has 1 heterocycles. The normalized spacial score (nSPS) is 36.5. The molecule has 0 aromatic carbocycles. The number of nitrogens with zero attached hydrogens (tertiary/aromatic N) is 1. The van der Waals surface area contributed by atoms with E-state index in [4.69, 9.17) is 10.5 Å². The second-order valence-electron chi connectivity index (χ2n) is 7.08. The van der Waals surface area contributed by atoms with Gasteiger partial charge in [-0.05, 0) is 23.7 Å². The second kappa shape index (κ2) is 5.35. The van der Waals surface area contributed by atoms with Crippen LogP contribution in [0.5, 0.6) is 0 Å². The van der Waals surface area contributed by atoms with E-state index in [0.717, 1.165) is 6.42 Å². The van der Waals surface area contributed by atoms with Gasteiger partial charge in [-0.1, -0.05) is 20.8 Å². The van der Waals surface area contributed by atoms with E-state index in [9.17, 15) is 9.59 Å². The van der Waals surface area contributed by atoms with Crippen molar-refractivity contribution >= 4 is 11.9 Å². The Morgan fingerprint density at radius 1 is 1.50 bits per heavy atom. The van der Waals surface area contributed by atoms with Gasteiger partial charge in [0.15, 0.2) is 0 Å². The smallest absolute Gasteiger partial charge is 0.310 e. The number of esters is 1. The van der Waals surface area contributed by atoms with Crippen LogP contribution < -0.4 is 5.73 Å². The molecule has 0 aromatic rings. The molecule has 0 spiro atoms. The van der Waals surface area contributed by atoms with Crippen LogP contribution in [0.15, 0.2) is 0 Å². The SMILES string of the molecule is COC(=O)C1CC(=O)N(CC2C(N)C(C)CC2(C)C)C1. The van der Waals surface area contributed by atoms with Gasteiger partial charge in [0.05, 0.1) is 13.0 Å². The molecule has 2 rings (SSSR count). The van der Waals surface area contributed by atoms with E-state index >= 15 is 0 Å². The van der Waals surface area contributed by atoms with Crippen molar-refractivity contribution < 1.29 is 14.3 Å². The number of hydrogen-bond acceptors (Lipinski definition) is 4. The summed E-state index contributed by atoms with van der Waals surface area (Å²) in [6.07, 6.45) is 1.35. The highest BCUT2D eigenvalue weighted by Gasteiger charge is 2.47. The molecule has 2 fully saturated rings. The molecule has 1 aliphatic heterocycles. The highest BCUT2D eigenvalue weighted by atomic mass is 16.5. The fourth-order valence-corrected chi connectivity index (χ4v) is 3.91. The average molecular weight is 282 g/mol. The van der Waals surface area contributed by atoms with Crippen molar-refractivity contribution in [3.8, 4) is 0 Å². The molecule has 1 aliphatic carbocycles. The van der Waals surface area contributed by atoms with Crippen LogP contribution in [0.25, 0.3) is 0 Å². The summed E-state index contributed by atoms with van der Waals surface area (Å²) in [5, 5.41) is 0. The first-order chi connectivity index (χ1) is 9.26. The molecule has 0 aromatic heterocycles. The van der Waals surface area contributed by atoms with E-state index in [1.807, 2.05) is 0 Å². The Bertz CT molecular complexity index is 408. The first kappa shape index (κ1) is 15.3. The summed E-state index contributed by atoms with van der Waals surface area (Å²) < 4.78 is 4.74. The lowest BCUT2D eigenvalue weighted by Gasteiger charge is -2.33. The maximum atomic E-state index is 12.1. The minimum atomic E-state index is -0.314. The minimum Gasteiger partial charge on any atom is -0.469 e. The van der Waals surface area contributed by atoms with Crippen molar-refractivity contribution in [2.75, 3.05) is 20.2 Å². The van der Waals surface area contributed by atoms with E-state index in [-0.39, 0.29) is 41.6 Å². The summed E-state index contributed by atoms with van der Waals surface area (Å²) in [4.78, 5) is 25.4. The Morgan fingerprint density at radius 3 is 2.65 bits per heavy atom. The Morgan fingerprint density at radius 2 is 2.15 bits per heavy atom. The van der Waals surface area contributed by atoms with Crippen molar-refractivity contribution in [2.45, 2.75) is 39.7 Å². The van der Waals surface area contributed by atoms with Crippen LogP contribution in [0.2, 0.25) is 0 Å². The number of likely N-dealkylation sites (tertiary alicyclic amines) is 1. The topological polar surface area (TPSA) is 72.6 Å². The van der Waals surface area contributed by atoms with E-state index in [0.29, 0.717) is 19.0 Å². The van der Waals surface area contributed by atoms with Crippen LogP contribution in [0.1, 0.15) is 33.6 Å². The summed E-state index contributed by atoms with van der Waals surface area (Å²) in [7, 11) is 1.37. The number of amides is 1. The van der Waals surface area contributed by atoms with E-state index in [1.54, 1.807) is 4.90 Å². The summed E-state index contributed by atoms with van der Waals surface area (Å²) in [5.41, 5.74) is 6.45. The molecule has 0 bridgehead atoms. The third kappa shape index (κ3) is 2.68. The van der Waals surface area contributed by atoms with Crippen LogP contribution in [0.3, 0.4) is 0 Å². The quantitative estimate of drug-likeness (QED) is 0.784. The second-order valence-corrected chi connectivity index (χ2v) is 7.08. The van der Waals surface area contributed by atoms with Crippen molar-refractivity contribution in [1.29, 1.82) is 0 Å². The summed E-state index contributed by atoms with van der Waals surface area (Å²) >= 11 is 0. The van der Waals surface area contributed by atoms with E-state index in [1.165, 1.54) is 7.11 Å². The van der Waals surface area contributed by atoms with Crippen LogP contribution in [-0.4, -0.2) is 43.0 Å². The van der Waals surface area contributed by atoms with Gasteiger partial charge >= 0.3 is 5.97 Å². The van der Waals surface area contributed by atoms with Gasteiger partial charge in [-0.3, -0.25) is 9.59 Å². The average Bonchev–Trinajstić information content (AvgIpc) is 2.82. The third-order valence-electron chi connectivity index (χ3n) is 5.14. The fraction of sp³-hybridized carbons (Fsp3) is 0.867. The van der Waals surface area contributed by atoms with Crippen LogP contribution in [0, 0.1) is 23.2 Å². The number of hydrogen-bond donors (Lipinski definition) is 1. The van der Waals surface area contributed by atoms with Crippen LogP contribution in [0.4, 0.5) is 0 Å². The zero-order valence-corrected chi connectivity index (χ0v) is 12.9. The molecular weight excluding hydrogens is 256 g/mol. The van der Waals surface area contributed by atoms with Gasteiger partial charge in [-0.2, -0.15) is 0 Å². The molecule has 20 heavy (non-hydrogen) atoms. The molecule has 1 saturated heterocycles. The number of carbonyl (C=O) groups is 2. The Balaban J connectivity index is 2.03. The zero-order chi connectivity index (χ0) is 15.1. The number of rotatable bonds is 3. The minimum absolute atomic E-state index is 0.0444. The highest BCUT2D eigenvalue weighted by Crippen LogP contribution is 2.45. The van der Waals surface area contributed by atoms with Gasteiger partial charge in [-0.15, -0.1) is 0 Å². The Hall–Kier alpha value is -1.10. The lowest BCUT2D eigenvalue weighted by molar-refractivity contribution is -0.145. The van der Waals surface area contributed by atoms with Gasteiger partial charge < -0.3 is 15.4 Å². The Kier molecular flexibility index (Phi) is 4.09. The van der Waals surface area contributed by atoms with Gasteiger partial charge in [0.2, 0.25) is 5.91 Å². The number of methoxy groups -OCH3 is 1. The van der Waals surface area contributed by atoms with E-state index in [2.05, 4.69) is 20.8 Å². The predicted molar refractivity (Wildman–Crippen MR) is 75.7 cm³/mol. The van der Waals surface area contributed by atoms with Gasteiger partial charge in [0.1, 0.15) is 0 Å². The van der Waals surface area contributed by atoms with E-state index < -0.39 is 0 Å². The van der Waals surface area contributed by atoms with Crippen LogP contribution in [-0.2, 0) is 14.3 Å². The molecule has 114 valence electrons. The molecule has 5 heteroatoms. The van der Waals surface area contributed by atoms with Crippen molar-refractivity contribution in [2.24, 2.45) is 28.9 Å². The molecule has 0 radical (unpaired) electrons. The molecule has 4 atom stereocenters. The molecule has 4 unspecified atom stereocenters. The maximum absolute atomic E-state index is 12.1. The molecule has 2 aliphatic rings. The fourth-order valence-electron chi connectivity index (χ4n) is 3.91. The van der Waals surface area contributed by atoms with Crippen molar-refractivity contribution in [1.82, 2.24) is 4.90 Å². The lowest BCUT2D eigenvalue weighted by Crippen LogP contribution is -2.43. The molecule has 5 nitrogen and oxygen atoms in total. The first-order valence-electron chi connectivity index (χ1n) is 7.37. The third-order valence-corrected chi connectivity index (χ3v) is 5.14. The summed E-state index contributed by atoms with van der Waals surface area (Å²) in [6, 6.07) is 0.120. The number of ether oxygens (including phenoxy) is 1. The maximum Gasteiger partial charge on any atom is 0.310 e. The number of carbonyl (C=O) groups excluding carboxylic acids is 2. The zero-order valence-electron chi connectivity index (χ0n) is 12.9. The van der Waals surface area contributed by atoms with Gasteiger partial charge in [0, 0.05) is 25.6 Å². The van der Waals surface area contributed by atoms with Gasteiger partial charge in [-0.25, -0.2) is 0 Å². The monoisotopic (exact) mass is 282 g/mol. The predicted octanol–water partition coefficient (Wildman–Crippen LogP) is 1.02. The first-order valence-corrected chi connectivity index (χ1v) is 7.37. The van der Waals surface area contributed by atoms with Crippen LogP contribution >= 0.6 is 0 Å². The molecule has 2 N–H and O–H groups in total. The lowest BCUT2D eigenvalue weighted by atomic mass is 9.80. The highest BCUT2D eigenvalue weighted by molar-refractivity contribution is 5.86. The largest absolute Gasteiger partial charge is 0.469 e.